The van der Waals surface area contributed by atoms with Crippen LogP contribution in [-0.4, -0.2) is 34.7 Å². The Balaban J connectivity index is 1.94. The largest absolute Gasteiger partial charge is 0.481 e. The zero-order valence-electron chi connectivity index (χ0n) is 11.0. The fourth-order valence-electron chi connectivity index (χ4n) is 2.56. The summed E-state index contributed by atoms with van der Waals surface area (Å²) in [4.78, 5) is 19.2. The lowest BCUT2D eigenvalue weighted by atomic mass is 9.79. The molecule has 6 nitrogen and oxygen atoms in total. The molecule has 2 rings (SSSR count). The highest BCUT2D eigenvalue weighted by Gasteiger charge is 2.30. The summed E-state index contributed by atoms with van der Waals surface area (Å²) in [6.45, 7) is 0.622. The van der Waals surface area contributed by atoms with Gasteiger partial charge in [0.2, 0.25) is 5.88 Å². The van der Waals surface area contributed by atoms with Crippen molar-refractivity contribution in [1.29, 1.82) is 0 Å². The van der Waals surface area contributed by atoms with Gasteiger partial charge in [-0.3, -0.25) is 4.79 Å². The number of anilines is 1. The van der Waals surface area contributed by atoms with E-state index in [0.29, 0.717) is 18.2 Å². The van der Waals surface area contributed by atoms with Gasteiger partial charge in [0.15, 0.2) is 0 Å². The monoisotopic (exact) mass is 265 g/mol. The third-order valence-corrected chi connectivity index (χ3v) is 3.62. The quantitative estimate of drug-likeness (QED) is 0.844. The van der Waals surface area contributed by atoms with Crippen LogP contribution < -0.4 is 10.1 Å². The third-order valence-electron chi connectivity index (χ3n) is 3.62. The number of carboxylic acids is 1. The first kappa shape index (κ1) is 13.6. The summed E-state index contributed by atoms with van der Waals surface area (Å²) in [6.07, 6.45) is 5.26. The van der Waals surface area contributed by atoms with Crippen LogP contribution in [0.5, 0.6) is 5.88 Å². The van der Waals surface area contributed by atoms with Gasteiger partial charge in [-0.2, -0.15) is 0 Å². The number of hydrogen-bond acceptors (Lipinski definition) is 5. The van der Waals surface area contributed by atoms with Crippen molar-refractivity contribution in [2.75, 3.05) is 19.0 Å². The second kappa shape index (κ2) is 6.36. The molecule has 19 heavy (non-hydrogen) atoms. The third kappa shape index (κ3) is 3.56. The molecule has 2 atom stereocenters. The lowest BCUT2D eigenvalue weighted by Crippen LogP contribution is -2.31. The standard InChI is InChI=1S/C13H19N3O3/c1-19-12-6-11(15-8-16-12)14-7-9-4-2-3-5-10(9)13(17)18/h6,8-10H,2-5,7H2,1H3,(H,17,18)(H,14,15,16). The number of carboxylic acid groups (broad SMARTS) is 1. The first-order valence-electron chi connectivity index (χ1n) is 6.53. The van der Waals surface area contributed by atoms with Crippen LogP contribution in [0.25, 0.3) is 0 Å². The van der Waals surface area contributed by atoms with Crippen molar-refractivity contribution >= 4 is 11.8 Å². The Morgan fingerprint density at radius 1 is 1.47 bits per heavy atom. The van der Waals surface area contributed by atoms with Crippen molar-refractivity contribution in [3.05, 3.63) is 12.4 Å². The molecular formula is C13H19N3O3. The normalized spacial score (nSPS) is 22.8. The summed E-state index contributed by atoms with van der Waals surface area (Å²) in [5.41, 5.74) is 0. The van der Waals surface area contributed by atoms with Gasteiger partial charge >= 0.3 is 5.97 Å². The van der Waals surface area contributed by atoms with Crippen molar-refractivity contribution in [2.24, 2.45) is 11.8 Å². The second-order valence-electron chi connectivity index (χ2n) is 4.82. The van der Waals surface area contributed by atoms with Crippen LogP contribution in [0.15, 0.2) is 12.4 Å². The first-order chi connectivity index (χ1) is 9.20. The summed E-state index contributed by atoms with van der Waals surface area (Å²) in [7, 11) is 1.55. The van der Waals surface area contributed by atoms with Gasteiger partial charge in [-0.15, -0.1) is 0 Å². The zero-order valence-corrected chi connectivity index (χ0v) is 11.0. The Kier molecular flexibility index (Phi) is 4.54. The van der Waals surface area contributed by atoms with E-state index in [2.05, 4.69) is 15.3 Å². The van der Waals surface area contributed by atoms with Gasteiger partial charge in [-0.05, 0) is 18.8 Å². The maximum Gasteiger partial charge on any atom is 0.306 e. The van der Waals surface area contributed by atoms with E-state index in [0.717, 1.165) is 25.7 Å². The number of nitrogens with zero attached hydrogens (tertiary/aromatic N) is 2. The summed E-state index contributed by atoms with van der Waals surface area (Å²) in [5.74, 6) is 0.390. The maximum absolute atomic E-state index is 11.2. The van der Waals surface area contributed by atoms with Crippen LogP contribution in [0.1, 0.15) is 25.7 Å². The molecular weight excluding hydrogens is 246 g/mol. The number of carbonyl (C=O) groups is 1. The Morgan fingerprint density at radius 2 is 2.26 bits per heavy atom. The predicted octanol–water partition coefficient (Wildman–Crippen LogP) is 1.79. The summed E-state index contributed by atoms with van der Waals surface area (Å²) < 4.78 is 5.02. The van der Waals surface area contributed by atoms with E-state index in [1.165, 1.54) is 6.33 Å². The number of rotatable bonds is 5. The van der Waals surface area contributed by atoms with E-state index in [1.807, 2.05) is 0 Å². The molecule has 0 amide bonds. The molecule has 0 aliphatic heterocycles. The van der Waals surface area contributed by atoms with Crippen LogP contribution in [0.3, 0.4) is 0 Å². The molecule has 0 spiro atoms. The minimum atomic E-state index is -0.688. The minimum Gasteiger partial charge on any atom is -0.481 e. The van der Waals surface area contributed by atoms with Crippen molar-refractivity contribution in [3.8, 4) is 5.88 Å². The topological polar surface area (TPSA) is 84.3 Å². The van der Waals surface area contributed by atoms with E-state index in [9.17, 15) is 9.90 Å². The SMILES string of the molecule is COc1cc(NCC2CCCCC2C(=O)O)ncn1. The van der Waals surface area contributed by atoms with Crippen LogP contribution >= 0.6 is 0 Å². The highest BCUT2D eigenvalue weighted by atomic mass is 16.5. The summed E-state index contributed by atoms with van der Waals surface area (Å²) in [6, 6.07) is 1.71. The summed E-state index contributed by atoms with van der Waals surface area (Å²) in [5, 5.41) is 12.4. The average Bonchev–Trinajstić information content (AvgIpc) is 2.45. The highest BCUT2D eigenvalue weighted by molar-refractivity contribution is 5.70. The van der Waals surface area contributed by atoms with Crippen molar-refractivity contribution in [3.63, 3.8) is 0 Å². The average molecular weight is 265 g/mol. The lowest BCUT2D eigenvalue weighted by molar-refractivity contribution is -0.144. The fourth-order valence-corrected chi connectivity index (χ4v) is 2.56. The van der Waals surface area contributed by atoms with E-state index >= 15 is 0 Å². The highest BCUT2D eigenvalue weighted by Crippen LogP contribution is 2.30. The van der Waals surface area contributed by atoms with Crippen LogP contribution in [0, 0.1) is 11.8 Å². The van der Waals surface area contributed by atoms with Crippen molar-refractivity contribution in [2.45, 2.75) is 25.7 Å². The number of ether oxygens (including phenoxy) is 1. The lowest BCUT2D eigenvalue weighted by Gasteiger charge is -2.28. The van der Waals surface area contributed by atoms with E-state index in [4.69, 9.17) is 4.74 Å². The van der Waals surface area contributed by atoms with Gasteiger partial charge in [0.05, 0.1) is 13.0 Å². The number of methoxy groups -OCH3 is 1. The van der Waals surface area contributed by atoms with Crippen molar-refractivity contribution < 1.29 is 14.6 Å². The molecule has 2 N–H and O–H groups in total. The van der Waals surface area contributed by atoms with Gasteiger partial charge in [-0.1, -0.05) is 12.8 Å². The number of nitrogens with one attached hydrogen (secondary N) is 1. The van der Waals surface area contributed by atoms with Crippen LogP contribution in [0.2, 0.25) is 0 Å². The smallest absolute Gasteiger partial charge is 0.306 e. The molecule has 1 aromatic heterocycles. The predicted molar refractivity (Wildman–Crippen MR) is 70.2 cm³/mol. The molecule has 1 saturated carbocycles. The molecule has 1 heterocycles. The van der Waals surface area contributed by atoms with E-state index < -0.39 is 5.97 Å². The van der Waals surface area contributed by atoms with Gasteiger partial charge in [-0.25, -0.2) is 9.97 Å². The van der Waals surface area contributed by atoms with Crippen LogP contribution in [-0.2, 0) is 4.79 Å². The molecule has 1 aliphatic rings. The van der Waals surface area contributed by atoms with Crippen molar-refractivity contribution in [1.82, 2.24) is 9.97 Å². The van der Waals surface area contributed by atoms with Gasteiger partial charge in [0.1, 0.15) is 12.1 Å². The van der Waals surface area contributed by atoms with E-state index in [-0.39, 0.29) is 11.8 Å². The van der Waals surface area contributed by atoms with Crippen LogP contribution in [0.4, 0.5) is 5.82 Å². The molecule has 104 valence electrons. The molecule has 0 saturated heterocycles. The molecule has 0 bridgehead atoms. The van der Waals surface area contributed by atoms with E-state index in [1.54, 1.807) is 13.2 Å². The molecule has 0 aromatic carbocycles. The summed E-state index contributed by atoms with van der Waals surface area (Å²) >= 11 is 0. The molecule has 6 heteroatoms. The Morgan fingerprint density at radius 3 is 3.00 bits per heavy atom. The Hall–Kier alpha value is -1.85. The molecule has 1 fully saturated rings. The van der Waals surface area contributed by atoms with Gasteiger partial charge < -0.3 is 15.2 Å². The number of aromatic nitrogens is 2. The Labute approximate surface area is 112 Å². The maximum atomic E-state index is 11.2. The zero-order chi connectivity index (χ0) is 13.7. The molecule has 1 aliphatic carbocycles. The molecule has 0 radical (unpaired) electrons. The minimum absolute atomic E-state index is 0.159. The Bertz CT molecular complexity index is 439. The second-order valence-corrected chi connectivity index (χ2v) is 4.82. The fraction of sp³-hybridized carbons (Fsp3) is 0.615. The van der Waals surface area contributed by atoms with Gasteiger partial charge in [0, 0.05) is 12.6 Å². The first-order valence-corrected chi connectivity index (χ1v) is 6.53. The molecule has 1 aromatic rings. The number of hydrogen-bond donors (Lipinski definition) is 2. The molecule has 2 unspecified atom stereocenters. The number of aliphatic carboxylic acids is 1. The van der Waals surface area contributed by atoms with Gasteiger partial charge in [0.25, 0.3) is 0 Å².